The number of sulfone groups is 1. The van der Waals surface area contributed by atoms with Crippen molar-refractivity contribution in [3.05, 3.63) is 24.3 Å². The number of para-hydroxylation sites is 1. The van der Waals surface area contributed by atoms with Crippen molar-refractivity contribution in [2.24, 2.45) is 5.84 Å². The first kappa shape index (κ1) is 16.6. The van der Waals surface area contributed by atoms with Crippen LogP contribution in [0.1, 0.15) is 19.8 Å². The molecule has 1 aromatic rings. The predicted molar refractivity (Wildman–Crippen MR) is 86.3 cm³/mol. The zero-order valence-corrected chi connectivity index (χ0v) is 13.8. The summed E-state index contributed by atoms with van der Waals surface area (Å²) in [7, 11) is -2.92. The van der Waals surface area contributed by atoms with E-state index in [1.165, 1.54) is 0 Å². The molecule has 2 unspecified atom stereocenters. The number of ether oxygens (including phenoxy) is 1. The lowest BCUT2D eigenvalue weighted by atomic mass is 10.1. The molecule has 0 saturated heterocycles. The zero-order chi connectivity index (χ0) is 15.3. The van der Waals surface area contributed by atoms with Gasteiger partial charge in [0, 0.05) is 16.4 Å². The molecule has 1 aliphatic heterocycles. The Kier molecular flexibility index (Phi) is 5.92. The van der Waals surface area contributed by atoms with Crippen LogP contribution in [0.2, 0.25) is 0 Å². The quantitative estimate of drug-likeness (QED) is 0.584. The second kappa shape index (κ2) is 7.49. The molecule has 2 rings (SSSR count). The van der Waals surface area contributed by atoms with E-state index < -0.39 is 9.84 Å². The first-order chi connectivity index (χ1) is 10.1. The van der Waals surface area contributed by atoms with Gasteiger partial charge < -0.3 is 4.74 Å². The highest BCUT2D eigenvalue weighted by Gasteiger charge is 2.27. The molecular weight excluding hydrogens is 308 g/mol. The van der Waals surface area contributed by atoms with E-state index in [1.807, 2.05) is 24.3 Å². The summed E-state index contributed by atoms with van der Waals surface area (Å²) in [6, 6.07) is 7.88. The van der Waals surface area contributed by atoms with Crippen LogP contribution in [0.5, 0.6) is 5.75 Å². The summed E-state index contributed by atoms with van der Waals surface area (Å²) in [6.45, 7) is 1.67. The number of hydrogen-bond acceptors (Lipinski definition) is 6. The third-order valence-electron chi connectivity index (χ3n) is 3.60. The van der Waals surface area contributed by atoms with Gasteiger partial charge in [0.25, 0.3) is 0 Å². The highest BCUT2D eigenvalue weighted by Crippen LogP contribution is 2.36. The number of hydrazine groups is 1. The van der Waals surface area contributed by atoms with Crippen molar-refractivity contribution < 1.29 is 13.2 Å². The number of fused-ring (bicyclic) bond motifs is 1. The monoisotopic (exact) mass is 330 g/mol. The van der Waals surface area contributed by atoms with Gasteiger partial charge in [-0.05, 0) is 25.0 Å². The smallest absolute Gasteiger partial charge is 0.150 e. The van der Waals surface area contributed by atoms with Crippen molar-refractivity contribution >= 4 is 21.6 Å². The van der Waals surface area contributed by atoms with Crippen LogP contribution in [0.15, 0.2) is 29.2 Å². The first-order valence-corrected chi connectivity index (χ1v) is 9.91. The van der Waals surface area contributed by atoms with E-state index in [2.05, 4.69) is 5.43 Å². The van der Waals surface area contributed by atoms with Crippen LogP contribution in [0.3, 0.4) is 0 Å². The molecule has 0 bridgehead atoms. The highest BCUT2D eigenvalue weighted by molar-refractivity contribution is 7.99. The van der Waals surface area contributed by atoms with E-state index in [0.717, 1.165) is 16.4 Å². The summed E-state index contributed by atoms with van der Waals surface area (Å²) in [4.78, 5) is 1.14. The van der Waals surface area contributed by atoms with Gasteiger partial charge in [0.1, 0.15) is 21.7 Å². The Morgan fingerprint density at radius 1 is 1.48 bits per heavy atom. The van der Waals surface area contributed by atoms with Crippen LogP contribution in [0.25, 0.3) is 0 Å². The lowest BCUT2D eigenvalue weighted by Crippen LogP contribution is -2.48. The van der Waals surface area contributed by atoms with Gasteiger partial charge in [-0.1, -0.05) is 19.1 Å². The van der Waals surface area contributed by atoms with Crippen LogP contribution in [0, 0.1) is 0 Å². The standard InChI is InChI=1S/C14H22N2O3S2/c1-2-21(17,18)9-5-6-11(16-15)13-10-20-14-8-4-3-7-12(14)19-13/h3-4,7-8,11,13,16H,2,5-6,9-10,15H2,1H3. The van der Waals surface area contributed by atoms with Gasteiger partial charge in [0.15, 0.2) is 0 Å². The Bertz CT molecular complexity index is 563. The topological polar surface area (TPSA) is 81.4 Å². The molecule has 118 valence electrons. The molecule has 0 aliphatic carbocycles. The van der Waals surface area contributed by atoms with Crippen LogP contribution in [-0.4, -0.2) is 37.8 Å². The van der Waals surface area contributed by atoms with E-state index >= 15 is 0 Å². The van der Waals surface area contributed by atoms with E-state index in [0.29, 0.717) is 12.8 Å². The molecule has 0 spiro atoms. The number of rotatable bonds is 7. The van der Waals surface area contributed by atoms with E-state index in [4.69, 9.17) is 10.6 Å². The molecule has 21 heavy (non-hydrogen) atoms. The largest absolute Gasteiger partial charge is 0.487 e. The van der Waals surface area contributed by atoms with Gasteiger partial charge in [-0.2, -0.15) is 0 Å². The molecule has 3 N–H and O–H groups in total. The maximum Gasteiger partial charge on any atom is 0.150 e. The van der Waals surface area contributed by atoms with Gasteiger partial charge in [-0.3, -0.25) is 11.3 Å². The molecule has 0 radical (unpaired) electrons. The minimum absolute atomic E-state index is 0.0424. The summed E-state index contributed by atoms with van der Waals surface area (Å²) < 4.78 is 29.0. The number of thioether (sulfide) groups is 1. The molecule has 2 atom stereocenters. The maximum atomic E-state index is 11.5. The van der Waals surface area contributed by atoms with Gasteiger partial charge >= 0.3 is 0 Å². The zero-order valence-electron chi connectivity index (χ0n) is 12.1. The molecule has 0 fully saturated rings. The van der Waals surface area contributed by atoms with Crippen molar-refractivity contribution in [1.82, 2.24) is 5.43 Å². The number of hydrogen-bond donors (Lipinski definition) is 2. The number of nitrogens with two attached hydrogens (primary N) is 1. The molecule has 1 aliphatic rings. The molecule has 0 aromatic heterocycles. The van der Waals surface area contributed by atoms with E-state index in [-0.39, 0.29) is 23.7 Å². The minimum atomic E-state index is -2.92. The Morgan fingerprint density at radius 2 is 2.24 bits per heavy atom. The predicted octanol–water partition coefficient (Wildman–Crippen LogP) is 1.59. The molecule has 0 amide bonds. The Hall–Kier alpha value is -0.760. The average molecular weight is 330 g/mol. The van der Waals surface area contributed by atoms with Gasteiger partial charge in [-0.15, -0.1) is 11.8 Å². The fraction of sp³-hybridized carbons (Fsp3) is 0.571. The number of benzene rings is 1. The van der Waals surface area contributed by atoms with Crippen molar-refractivity contribution in [3.8, 4) is 5.75 Å². The van der Waals surface area contributed by atoms with Crippen molar-refractivity contribution in [1.29, 1.82) is 0 Å². The normalized spacial score (nSPS) is 19.6. The summed E-state index contributed by atoms with van der Waals surface area (Å²) >= 11 is 1.75. The molecule has 0 saturated carbocycles. The van der Waals surface area contributed by atoms with Gasteiger partial charge in [0.05, 0.1) is 11.8 Å². The summed E-state index contributed by atoms with van der Waals surface area (Å²) in [5.74, 6) is 7.70. The molecule has 5 nitrogen and oxygen atoms in total. The van der Waals surface area contributed by atoms with Crippen molar-refractivity contribution in [2.75, 3.05) is 17.3 Å². The van der Waals surface area contributed by atoms with Crippen LogP contribution >= 0.6 is 11.8 Å². The van der Waals surface area contributed by atoms with Crippen LogP contribution in [-0.2, 0) is 9.84 Å². The summed E-state index contributed by atoms with van der Waals surface area (Å²) in [5, 5.41) is 0. The molecular formula is C14H22N2O3S2. The van der Waals surface area contributed by atoms with Crippen molar-refractivity contribution in [2.45, 2.75) is 36.8 Å². The Balaban J connectivity index is 1.91. The lowest BCUT2D eigenvalue weighted by Gasteiger charge is -2.31. The Morgan fingerprint density at radius 3 is 2.95 bits per heavy atom. The average Bonchev–Trinajstić information content (AvgIpc) is 2.51. The molecule has 7 heteroatoms. The van der Waals surface area contributed by atoms with Gasteiger partial charge in [-0.25, -0.2) is 8.42 Å². The van der Waals surface area contributed by atoms with Crippen LogP contribution < -0.4 is 16.0 Å². The van der Waals surface area contributed by atoms with Gasteiger partial charge in [0.2, 0.25) is 0 Å². The molecule has 1 heterocycles. The van der Waals surface area contributed by atoms with Crippen molar-refractivity contribution in [3.63, 3.8) is 0 Å². The summed E-state index contributed by atoms with van der Waals surface area (Å²) in [5.41, 5.74) is 2.77. The third-order valence-corrected chi connectivity index (χ3v) is 6.54. The van der Waals surface area contributed by atoms with Crippen LogP contribution in [0.4, 0.5) is 0 Å². The minimum Gasteiger partial charge on any atom is -0.487 e. The maximum absolute atomic E-state index is 11.5. The number of nitrogens with one attached hydrogen (secondary N) is 1. The third kappa shape index (κ3) is 4.60. The second-order valence-electron chi connectivity index (χ2n) is 5.07. The lowest BCUT2D eigenvalue weighted by molar-refractivity contribution is 0.160. The van der Waals surface area contributed by atoms with E-state index in [9.17, 15) is 8.42 Å². The highest BCUT2D eigenvalue weighted by atomic mass is 32.2. The van der Waals surface area contributed by atoms with E-state index in [1.54, 1.807) is 18.7 Å². The molecule has 1 aromatic carbocycles. The fourth-order valence-corrected chi connectivity index (χ4v) is 4.25. The second-order valence-corrected chi connectivity index (χ2v) is 8.60. The SMILES string of the molecule is CCS(=O)(=O)CCCC(NN)C1CSc2ccccc2O1. The Labute approximate surface area is 130 Å². The summed E-state index contributed by atoms with van der Waals surface area (Å²) in [6.07, 6.45) is 1.24. The first-order valence-electron chi connectivity index (χ1n) is 7.10. The fourth-order valence-electron chi connectivity index (χ4n) is 2.28.